The van der Waals surface area contributed by atoms with Crippen LogP contribution < -0.4 is 25.3 Å². The van der Waals surface area contributed by atoms with Crippen molar-refractivity contribution in [1.82, 2.24) is 19.9 Å². The van der Waals surface area contributed by atoms with Gasteiger partial charge in [0.1, 0.15) is 0 Å². The number of ether oxygens (including phenoxy) is 1. The fraction of sp³-hybridized carbons (Fsp3) is 0.543. The molecule has 256 valence electrons. The van der Waals surface area contributed by atoms with Gasteiger partial charge in [0.05, 0.1) is 44.6 Å². The van der Waals surface area contributed by atoms with Crippen LogP contribution in [0.15, 0.2) is 48.5 Å². The summed E-state index contributed by atoms with van der Waals surface area (Å²) in [7, 11) is 0. The van der Waals surface area contributed by atoms with Gasteiger partial charge in [-0.25, -0.2) is 4.79 Å². The minimum Gasteiger partial charge on any atom is -0.394 e. The second-order valence-corrected chi connectivity index (χ2v) is 13.5. The normalized spacial score (nSPS) is 23.4. The highest BCUT2D eigenvalue weighted by Crippen LogP contribution is 2.32. The van der Waals surface area contributed by atoms with Gasteiger partial charge in [0.2, 0.25) is 11.9 Å². The van der Waals surface area contributed by atoms with E-state index in [0.717, 1.165) is 56.2 Å². The van der Waals surface area contributed by atoms with E-state index in [0.29, 0.717) is 43.2 Å². The minimum atomic E-state index is -0.325. The van der Waals surface area contributed by atoms with E-state index in [1.807, 2.05) is 41.3 Å². The van der Waals surface area contributed by atoms with Gasteiger partial charge in [-0.1, -0.05) is 0 Å². The summed E-state index contributed by atoms with van der Waals surface area (Å²) in [6.45, 7) is 9.28. The molecule has 1 saturated carbocycles. The van der Waals surface area contributed by atoms with Gasteiger partial charge >= 0.3 is 6.03 Å². The number of amides is 2. The van der Waals surface area contributed by atoms with Crippen LogP contribution in [0.1, 0.15) is 32.6 Å². The molecule has 3 atom stereocenters. The van der Waals surface area contributed by atoms with Crippen LogP contribution >= 0.6 is 0 Å². The van der Waals surface area contributed by atoms with Crippen LogP contribution in [0.25, 0.3) is 11.4 Å². The van der Waals surface area contributed by atoms with E-state index in [4.69, 9.17) is 19.7 Å². The Hall–Kier alpha value is -4.04. The number of benzene rings is 2. The lowest BCUT2D eigenvalue weighted by molar-refractivity contribution is 0.0981. The molecule has 7 rings (SSSR count). The standard InChI is InChI=1S/C35H47N9O4/c1-24-23-48-19-18-43(24)33-38-32(39-34(40-33)44-30(21-45)12-13-31(44)22-46)26-4-6-27(7-5-26)36-35(47)37-28-8-10-29(11-9-28)42-16-14-41(15-17-42)20-25-2-3-25/h4-11,24-25,30-31,45-46H,2-3,12-23H2,1H3,(H2,36,37,47)/t24-,30-,31+/m1/s1. The van der Waals surface area contributed by atoms with Gasteiger partial charge in [-0.05, 0) is 87.1 Å². The van der Waals surface area contributed by atoms with Gasteiger partial charge in [-0.3, -0.25) is 4.90 Å². The highest BCUT2D eigenvalue weighted by molar-refractivity contribution is 6.00. The fourth-order valence-corrected chi connectivity index (χ4v) is 7.00. The molecule has 3 aliphatic heterocycles. The average molecular weight is 658 g/mol. The number of hydrogen-bond acceptors (Lipinski definition) is 11. The largest absolute Gasteiger partial charge is 0.394 e. The third-order valence-corrected chi connectivity index (χ3v) is 9.99. The molecule has 4 fully saturated rings. The average Bonchev–Trinajstić information content (AvgIpc) is 3.83. The maximum atomic E-state index is 12.9. The number of rotatable bonds is 10. The lowest BCUT2D eigenvalue weighted by Crippen LogP contribution is -2.47. The quantitative estimate of drug-likeness (QED) is 0.255. The fourth-order valence-electron chi connectivity index (χ4n) is 7.00. The van der Waals surface area contributed by atoms with Crippen molar-refractivity contribution in [3.05, 3.63) is 48.5 Å². The Bertz CT molecular complexity index is 1520. The van der Waals surface area contributed by atoms with Crippen molar-refractivity contribution >= 4 is 35.0 Å². The van der Waals surface area contributed by atoms with Gasteiger partial charge in [0.25, 0.3) is 0 Å². The van der Waals surface area contributed by atoms with Crippen LogP contribution in [-0.4, -0.2) is 120 Å². The number of morpholine rings is 1. The van der Waals surface area contributed by atoms with Crippen LogP contribution in [-0.2, 0) is 4.74 Å². The summed E-state index contributed by atoms with van der Waals surface area (Å²) in [5, 5.41) is 26.0. The van der Waals surface area contributed by atoms with E-state index >= 15 is 0 Å². The Kier molecular flexibility index (Phi) is 9.89. The number of hydrogen-bond donors (Lipinski definition) is 4. The molecule has 13 nitrogen and oxygen atoms in total. The number of nitrogens with zero attached hydrogens (tertiary/aromatic N) is 7. The Labute approximate surface area is 281 Å². The Balaban J connectivity index is 1.01. The van der Waals surface area contributed by atoms with Crippen molar-refractivity contribution in [1.29, 1.82) is 0 Å². The monoisotopic (exact) mass is 657 g/mol. The smallest absolute Gasteiger partial charge is 0.323 e. The number of aliphatic hydroxyl groups excluding tert-OH is 2. The van der Waals surface area contributed by atoms with Crippen LogP contribution in [0, 0.1) is 5.92 Å². The molecular formula is C35H47N9O4. The van der Waals surface area contributed by atoms with Crippen molar-refractivity contribution in [3.63, 3.8) is 0 Å². The van der Waals surface area contributed by atoms with Crippen molar-refractivity contribution in [2.24, 2.45) is 5.92 Å². The van der Waals surface area contributed by atoms with E-state index < -0.39 is 0 Å². The van der Waals surface area contributed by atoms with Crippen LogP contribution in [0.3, 0.4) is 0 Å². The molecule has 2 aromatic carbocycles. The van der Waals surface area contributed by atoms with Gasteiger partial charge in [0, 0.05) is 61.9 Å². The Morgan fingerprint density at radius 2 is 1.44 bits per heavy atom. The molecule has 3 saturated heterocycles. The first-order chi connectivity index (χ1) is 23.5. The first kappa shape index (κ1) is 32.5. The van der Waals surface area contributed by atoms with Gasteiger partial charge in [-0.15, -0.1) is 0 Å². The van der Waals surface area contributed by atoms with Crippen LogP contribution in [0.4, 0.5) is 33.8 Å². The summed E-state index contributed by atoms with van der Waals surface area (Å²) in [6, 6.07) is 14.8. The number of urea groups is 1. The molecule has 4 heterocycles. The van der Waals surface area contributed by atoms with Crippen molar-refractivity contribution in [3.8, 4) is 11.4 Å². The topological polar surface area (TPSA) is 142 Å². The van der Waals surface area contributed by atoms with Gasteiger partial charge in [0.15, 0.2) is 5.82 Å². The minimum absolute atomic E-state index is 0.0506. The first-order valence-corrected chi connectivity index (χ1v) is 17.3. The zero-order valence-corrected chi connectivity index (χ0v) is 27.7. The molecule has 0 spiro atoms. The molecule has 0 radical (unpaired) electrons. The molecule has 2 amide bonds. The highest BCUT2D eigenvalue weighted by Gasteiger charge is 2.36. The molecule has 1 aliphatic carbocycles. The first-order valence-electron chi connectivity index (χ1n) is 17.3. The molecule has 0 bridgehead atoms. The van der Waals surface area contributed by atoms with Crippen molar-refractivity contribution in [2.45, 2.75) is 50.7 Å². The van der Waals surface area contributed by atoms with E-state index in [-0.39, 0.29) is 37.4 Å². The molecule has 1 aromatic heterocycles. The second-order valence-electron chi connectivity index (χ2n) is 13.5. The number of aliphatic hydroxyl groups is 2. The summed E-state index contributed by atoms with van der Waals surface area (Å²) in [4.78, 5) is 36.4. The molecule has 13 heteroatoms. The number of carbonyl (C=O) groups excluding carboxylic acids is 1. The number of carbonyl (C=O) groups is 1. The number of anilines is 5. The number of aromatic nitrogens is 3. The Morgan fingerprint density at radius 3 is 2.04 bits per heavy atom. The summed E-state index contributed by atoms with van der Waals surface area (Å²) >= 11 is 0. The van der Waals surface area contributed by atoms with E-state index in [2.05, 4.69) is 44.4 Å². The maximum absolute atomic E-state index is 12.9. The van der Waals surface area contributed by atoms with Crippen LogP contribution in [0.5, 0.6) is 0 Å². The molecule has 4 aliphatic rings. The molecule has 48 heavy (non-hydrogen) atoms. The summed E-state index contributed by atoms with van der Waals surface area (Å²) in [5.74, 6) is 2.38. The van der Waals surface area contributed by atoms with Gasteiger partial charge in [-0.2, -0.15) is 15.0 Å². The number of piperazine rings is 1. The molecule has 4 N–H and O–H groups in total. The van der Waals surface area contributed by atoms with E-state index in [9.17, 15) is 15.0 Å². The third-order valence-electron chi connectivity index (χ3n) is 9.99. The highest BCUT2D eigenvalue weighted by atomic mass is 16.5. The second kappa shape index (κ2) is 14.6. The van der Waals surface area contributed by atoms with Crippen LogP contribution in [0.2, 0.25) is 0 Å². The molecule has 3 aromatic rings. The summed E-state index contributed by atoms with van der Waals surface area (Å²) in [6.07, 6.45) is 4.28. The zero-order chi connectivity index (χ0) is 33.0. The maximum Gasteiger partial charge on any atom is 0.323 e. The SMILES string of the molecule is C[C@@H]1COCCN1c1nc(-c2ccc(NC(=O)Nc3ccc(N4CCN(CC5CC5)CC4)cc3)cc2)nc(N2[C@H](CO)CC[C@@H]2CO)n1. The lowest BCUT2D eigenvalue weighted by atomic mass is 10.2. The van der Waals surface area contributed by atoms with Crippen molar-refractivity contribution < 1.29 is 19.7 Å². The number of nitrogens with one attached hydrogen (secondary N) is 2. The predicted octanol–water partition coefficient (Wildman–Crippen LogP) is 3.26. The predicted molar refractivity (Wildman–Crippen MR) is 187 cm³/mol. The van der Waals surface area contributed by atoms with Crippen molar-refractivity contribution in [2.75, 3.05) is 91.0 Å². The molecular weight excluding hydrogens is 610 g/mol. The zero-order valence-electron chi connectivity index (χ0n) is 27.7. The lowest BCUT2D eigenvalue weighted by Gasteiger charge is -2.36. The van der Waals surface area contributed by atoms with Gasteiger partial charge < -0.3 is 40.3 Å². The summed E-state index contributed by atoms with van der Waals surface area (Å²) in [5.41, 5.74) is 3.30. The van der Waals surface area contributed by atoms with E-state index in [1.54, 1.807) is 0 Å². The summed E-state index contributed by atoms with van der Waals surface area (Å²) < 4.78 is 5.64. The van der Waals surface area contributed by atoms with E-state index in [1.165, 1.54) is 25.1 Å². The third kappa shape index (κ3) is 7.49. The Morgan fingerprint density at radius 1 is 0.812 bits per heavy atom. The molecule has 0 unspecified atom stereocenters.